The lowest BCUT2D eigenvalue weighted by Crippen LogP contribution is -2.40. The second-order valence-corrected chi connectivity index (χ2v) is 5.23. The lowest BCUT2D eigenvalue weighted by Gasteiger charge is -2.21. The largest absolute Gasteiger partial charge is 0.480 e. The number of benzene rings is 1. The third-order valence-corrected chi connectivity index (χ3v) is 3.65. The normalized spacial score (nSPS) is 17.9. The van der Waals surface area contributed by atoms with Gasteiger partial charge in [0.25, 0.3) is 0 Å². The van der Waals surface area contributed by atoms with Gasteiger partial charge in [0.2, 0.25) is 5.91 Å². The number of hydrogen-bond acceptors (Lipinski definition) is 3. The van der Waals surface area contributed by atoms with Gasteiger partial charge in [0.05, 0.1) is 6.61 Å². The van der Waals surface area contributed by atoms with Gasteiger partial charge in [-0.1, -0.05) is 30.3 Å². The van der Waals surface area contributed by atoms with Gasteiger partial charge >= 0.3 is 5.97 Å². The predicted octanol–water partition coefficient (Wildman–Crippen LogP) is 2.06. The minimum atomic E-state index is -0.902. The van der Waals surface area contributed by atoms with Gasteiger partial charge in [0.15, 0.2) is 0 Å². The summed E-state index contributed by atoms with van der Waals surface area (Å²) in [5.74, 6) is -0.982. The molecule has 0 saturated carbocycles. The van der Waals surface area contributed by atoms with Crippen molar-refractivity contribution in [1.29, 1.82) is 0 Å². The molecule has 0 aromatic heterocycles. The van der Waals surface area contributed by atoms with Gasteiger partial charge in [-0.15, -0.1) is 0 Å². The van der Waals surface area contributed by atoms with E-state index in [4.69, 9.17) is 9.84 Å². The Morgan fingerprint density at radius 2 is 2.05 bits per heavy atom. The van der Waals surface area contributed by atoms with E-state index in [9.17, 15) is 9.59 Å². The first kappa shape index (κ1) is 15.5. The van der Waals surface area contributed by atoms with Crippen LogP contribution < -0.4 is 0 Å². The standard InChI is InChI=1S/C16H21NO4/c18-15(17-10-4-8-14(17)16(19)20)9-5-11-21-12-13-6-2-1-3-7-13/h1-3,6-7,14H,4-5,8-12H2,(H,19,20)/t14-/m1/s1. The minimum Gasteiger partial charge on any atom is -0.480 e. The molecule has 5 nitrogen and oxygen atoms in total. The summed E-state index contributed by atoms with van der Waals surface area (Å²) in [6, 6.07) is 9.22. The minimum absolute atomic E-state index is 0.0804. The molecule has 1 fully saturated rings. The highest BCUT2D eigenvalue weighted by Gasteiger charge is 2.33. The van der Waals surface area contributed by atoms with E-state index in [-0.39, 0.29) is 5.91 Å². The van der Waals surface area contributed by atoms with E-state index in [2.05, 4.69) is 0 Å². The third-order valence-electron chi connectivity index (χ3n) is 3.65. The molecule has 1 atom stereocenters. The quantitative estimate of drug-likeness (QED) is 0.781. The first-order chi connectivity index (χ1) is 10.2. The van der Waals surface area contributed by atoms with Crippen LogP contribution in [0.3, 0.4) is 0 Å². The lowest BCUT2D eigenvalue weighted by atomic mass is 10.2. The maximum atomic E-state index is 12.0. The molecule has 1 amide bonds. The zero-order valence-corrected chi connectivity index (χ0v) is 12.0. The Morgan fingerprint density at radius 3 is 2.76 bits per heavy atom. The smallest absolute Gasteiger partial charge is 0.326 e. The summed E-state index contributed by atoms with van der Waals surface area (Å²) >= 11 is 0. The van der Waals surface area contributed by atoms with Crippen molar-refractivity contribution in [3.8, 4) is 0 Å². The topological polar surface area (TPSA) is 66.8 Å². The highest BCUT2D eigenvalue weighted by Crippen LogP contribution is 2.18. The number of carboxylic acids is 1. The van der Waals surface area contributed by atoms with Crippen LogP contribution in [0.1, 0.15) is 31.2 Å². The van der Waals surface area contributed by atoms with Crippen molar-refractivity contribution in [3.63, 3.8) is 0 Å². The molecule has 1 aromatic carbocycles. The van der Waals surface area contributed by atoms with Gasteiger partial charge in [0.1, 0.15) is 6.04 Å². The molecule has 1 aromatic rings. The molecule has 1 N–H and O–H groups in total. The van der Waals surface area contributed by atoms with E-state index in [1.165, 1.54) is 4.90 Å². The molecule has 1 aliphatic heterocycles. The van der Waals surface area contributed by atoms with E-state index < -0.39 is 12.0 Å². The van der Waals surface area contributed by atoms with Crippen molar-refractivity contribution in [3.05, 3.63) is 35.9 Å². The summed E-state index contributed by atoms with van der Waals surface area (Å²) in [5, 5.41) is 9.05. The second kappa shape index (κ2) is 7.78. The maximum Gasteiger partial charge on any atom is 0.326 e. The Balaban J connectivity index is 1.64. The molecular formula is C16H21NO4. The van der Waals surface area contributed by atoms with E-state index in [0.29, 0.717) is 39.0 Å². The van der Waals surface area contributed by atoms with Crippen molar-refractivity contribution in [1.82, 2.24) is 4.90 Å². The molecule has 1 saturated heterocycles. The summed E-state index contributed by atoms with van der Waals surface area (Å²) < 4.78 is 5.52. The Morgan fingerprint density at radius 1 is 1.29 bits per heavy atom. The highest BCUT2D eigenvalue weighted by molar-refractivity contribution is 5.84. The van der Waals surface area contributed by atoms with E-state index >= 15 is 0 Å². The van der Waals surface area contributed by atoms with Crippen molar-refractivity contribution >= 4 is 11.9 Å². The second-order valence-electron chi connectivity index (χ2n) is 5.23. The van der Waals surface area contributed by atoms with Crippen LogP contribution in [0.4, 0.5) is 0 Å². The van der Waals surface area contributed by atoms with Gasteiger partial charge in [-0.3, -0.25) is 4.79 Å². The fraction of sp³-hybridized carbons (Fsp3) is 0.500. The fourth-order valence-electron chi connectivity index (χ4n) is 2.56. The van der Waals surface area contributed by atoms with Crippen LogP contribution >= 0.6 is 0 Å². The molecular weight excluding hydrogens is 270 g/mol. The summed E-state index contributed by atoms with van der Waals surface area (Å²) in [6.07, 6.45) is 2.30. The number of carbonyl (C=O) groups excluding carboxylic acids is 1. The molecule has 0 bridgehead atoms. The average Bonchev–Trinajstić information content (AvgIpc) is 2.97. The molecule has 114 valence electrons. The van der Waals surface area contributed by atoms with Crippen molar-refractivity contribution in [2.24, 2.45) is 0 Å². The maximum absolute atomic E-state index is 12.0. The Labute approximate surface area is 124 Å². The third kappa shape index (κ3) is 4.56. The monoisotopic (exact) mass is 291 g/mol. The zero-order valence-electron chi connectivity index (χ0n) is 12.0. The summed E-state index contributed by atoms with van der Waals surface area (Å²) in [7, 11) is 0. The average molecular weight is 291 g/mol. The number of aliphatic carboxylic acids is 1. The van der Waals surface area contributed by atoms with Crippen LogP contribution in [0.15, 0.2) is 30.3 Å². The number of amides is 1. The van der Waals surface area contributed by atoms with Gasteiger partial charge in [-0.2, -0.15) is 0 Å². The first-order valence-corrected chi connectivity index (χ1v) is 7.32. The van der Waals surface area contributed by atoms with Gasteiger partial charge in [-0.05, 0) is 24.8 Å². The van der Waals surface area contributed by atoms with E-state index in [1.807, 2.05) is 30.3 Å². The summed E-state index contributed by atoms with van der Waals surface area (Å²) in [5.41, 5.74) is 1.11. The van der Waals surface area contributed by atoms with Crippen molar-refractivity contribution in [2.45, 2.75) is 38.3 Å². The summed E-state index contributed by atoms with van der Waals surface area (Å²) in [4.78, 5) is 24.5. The fourth-order valence-corrected chi connectivity index (χ4v) is 2.56. The van der Waals surface area contributed by atoms with Gasteiger partial charge in [-0.25, -0.2) is 4.79 Å². The molecule has 0 radical (unpaired) electrons. The van der Waals surface area contributed by atoms with Crippen LogP contribution in [0.2, 0.25) is 0 Å². The Kier molecular flexibility index (Phi) is 5.75. The molecule has 5 heteroatoms. The van der Waals surface area contributed by atoms with E-state index in [0.717, 1.165) is 12.0 Å². The first-order valence-electron chi connectivity index (χ1n) is 7.32. The molecule has 1 aliphatic rings. The molecule has 1 heterocycles. The summed E-state index contributed by atoms with van der Waals surface area (Å²) in [6.45, 7) is 1.60. The van der Waals surface area contributed by atoms with Crippen LogP contribution in [-0.4, -0.2) is 41.1 Å². The number of likely N-dealkylation sites (tertiary alicyclic amines) is 1. The number of nitrogens with zero attached hydrogens (tertiary/aromatic N) is 1. The molecule has 0 unspecified atom stereocenters. The van der Waals surface area contributed by atoms with E-state index in [1.54, 1.807) is 0 Å². The van der Waals surface area contributed by atoms with Gasteiger partial charge in [0, 0.05) is 19.6 Å². The lowest BCUT2D eigenvalue weighted by molar-refractivity contribution is -0.148. The van der Waals surface area contributed by atoms with Crippen LogP contribution in [0, 0.1) is 0 Å². The number of carboxylic acid groups (broad SMARTS) is 1. The number of rotatable bonds is 7. The van der Waals surface area contributed by atoms with Crippen LogP contribution in [0.5, 0.6) is 0 Å². The number of ether oxygens (including phenoxy) is 1. The van der Waals surface area contributed by atoms with Crippen LogP contribution in [0.25, 0.3) is 0 Å². The molecule has 21 heavy (non-hydrogen) atoms. The molecule has 2 rings (SSSR count). The molecule has 0 spiro atoms. The SMILES string of the molecule is O=C(O)[C@H]1CCCN1C(=O)CCCOCc1ccccc1. The van der Waals surface area contributed by atoms with Crippen molar-refractivity contribution < 1.29 is 19.4 Å². The van der Waals surface area contributed by atoms with Crippen LogP contribution in [-0.2, 0) is 20.9 Å². The molecule has 0 aliphatic carbocycles. The Hall–Kier alpha value is -1.88. The zero-order chi connectivity index (χ0) is 15.1. The van der Waals surface area contributed by atoms with Crippen molar-refractivity contribution in [2.75, 3.05) is 13.2 Å². The highest BCUT2D eigenvalue weighted by atomic mass is 16.5. The van der Waals surface area contributed by atoms with Gasteiger partial charge < -0.3 is 14.7 Å². The predicted molar refractivity (Wildman–Crippen MR) is 77.7 cm³/mol. The number of carbonyl (C=O) groups is 2. The Bertz CT molecular complexity index is 474. The number of hydrogen-bond donors (Lipinski definition) is 1.